The van der Waals surface area contributed by atoms with Crippen LogP contribution in [-0.4, -0.2) is 23.1 Å². The standard InChI is InChI=1S/C16H15N3O4/c1-9-11(6-7-14(18-9)23-16(17)21)19-15(20)13-8-10-4-2-3-5-12(10)22-13/h2-7,13H,8H2,1H3,(H2,17,21)(H,19,20). The van der Waals surface area contributed by atoms with Gasteiger partial charge in [0.15, 0.2) is 6.10 Å². The Labute approximate surface area is 132 Å². The third kappa shape index (κ3) is 3.23. The van der Waals surface area contributed by atoms with Gasteiger partial charge in [-0.2, -0.15) is 0 Å². The maximum atomic E-state index is 12.3. The molecule has 0 radical (unpaired) electrons. The zero-order valence-corrected chi connectivity index (χ0v) is 12.4. The van der Waals surface area contributed by atoms with E-state index in [-0.39, 0.29) is 11.8 Å². The topological polar surface area (TPSA) is 104 Å². The fourth-order valence-corrected chi connectivity index (χ4v) is 2.37. The number of aryl methyl sites for hydroxylation is 1. The zero-order chi connectivity index (χ0) is 16.4. The van der Waals surface area contributed by atoms with Crippen molar-refractivity contribution in [3.05, 3.63) is 47.7 Å². The van der Waals surface area contributed by atoms with Crippen molar-refractivity contribution < 1.29 is 19.1 Å². The number of carbonyl (C=O) groups is 2. The second kappa shape index (κ2) is 5.96. The molecule has 0 fully saturated rings. The Hall–Kier alpha value is -3.09. The molecule has 0 aliphatic carbocycles. The van der Waals surface area contributed by atoms with Gasteiger partial charge in [0.05, 0.1) is 11.4 Å². The number of nitrogens with two attached hydrogens (primary N) is 1. The normalized spacial score (nSPS) is 15.4. The maximum absolute atomic E-state index is 12.3. The number of nitrogens with one attached hydrogen (secondary N) is 1. The highest BCUT2D eigenvalue weighted by Crippen LogP contribution is 2.29. The molecular formula is C16H15N3O4. The first kappa shape index (κ1) is 14.8. The molecule has 1 aliphatic rings. The van der Waals surface area contributed by atoms with Gasteiger partial charge in [-0.3, -0.25) is 4.79 Å². The first-order chi connectivity index (χ1) is 11.0. The number of pyridine rings is 1. The fraction of sp³-hybridized carbons (Fsp3) is 0.188. The number of nitrogens with zero attached hydrogens (tertiary/aromatic N) is 1. The van der Waals surface area contributed by atoms with E-state index in [2.05, 4.69) is 15.0 Å². The van der Waals surface area contributed by atoms with Gasteiger partial charge in [-0.15, -0.1) is 0 Å². The lowest BCUT2D eigenvalue weighted by atomic mass is 10.1. The minimum absolute atomic E-state index is 0.0810. The number of hydrogen-bond donors (Lipinski definition) is 2. The van der Waals surface area contributed by atoms with Crippen molar-refractivity contribution in [2.45, 2.75) is 19.4 Å². The molecule has 2 aromatic rings. The Kier molecular flexibility index (Phi) is 3.84. The summed E-state index contributed by atoms with van der Waals surface area (Å²) < 4.78 is 10.3. The van der Waals surface area contributed by atoms with Crippen LogP contribution in [0.25, 0.3) is 0 Å². The largest absolute Gasteiger partial charge is 0.480 e. The second-order valence-corrected chi connectivity index (χ2v) is 5.11. The van der Waals surface area contributed by atoms with Crippen LogP contribution in [0, 0.1) is 6.92 Å². The number of hydrogen-bond acceptors (Lipinski definition) is 5. The summed E-state index contributed by atoms with van der Waals surface area (Å²) in [5.41, 5.74) is 6.96. The fourth-order valence-electron chi connectivity index (χ4n) is 2.37. The van der Waals surface area contributed by atoms with E-state index in [1.165, 1.54) is 6.07 Å². The number of rotatable bonds is 3. The third-order valence-electron chi connectivity index (χ3n) is 3.46. The van der Waals surface area contributed by atoms with Crippen LogP contribution >= 0.6 is 0 Å². The van der Waals surface area contributed by atoms with E-state index in [1.807, 2.05) is 24.3 Å². The molecule has 2 amide bonds. The summed E-state index contributed by atoms with van der Waals surface area (Å²) in [6.07, 6.45) is -0.990. The lowest BCUT2D eigenvalue weighted by Gasteiger charge is -2.13. The third-order valence-corrected chi connectivity index (χ3v) is 3.46. The maximum Gasteiger partial charge on any atom is 0.411 e. The molecule has 7 heteroatoms. The van der Waals surface area contributed by atoms with Gasteiger partial charge in [-0.05, 0) is 24.6 Å². The van der Waals surface area contributed by atoms with Crippen LogP contribution in [-0.2, 0) is 11.2 Å². The summed E-state index contributed by atoms with van der Waals surface area (Å²) in [5, 5.41) is 2.77. The van der Waals surface area contributed by atoms with E-state index in [0.717, 1.165) is 11.3 Å². The van der Waals surface area contributed by atoms with Crippen molar-refractivity contribution in [2.75, 3.05) is 5.32 Å². The predicted molar refractivity (Wildman–Crippen MR) is 82.4 cm³/mol. The molecule has 1 aliphatic heterocycles. The molecule has 0 spiro atoms. The van der Waals surface area contributed by atoms with Crippen molar-refractivity contribution >= 4 is 17.7 Å². The molecule has 1 unspecified atom stereocenters. The molecule has 0 saturated carbocycles. The van der Waals surface area contributed by atoms with E-state index in [4.69, 9.17) is 10.5 Å². The highest BCUT2D eigenvalue weighted by molar-refractivity contribution is 5.95. The molecule has 1 aromatic heterocycles. The summed E-state index contributed by atoms with van der Waals surface area (Å²) in [5.74, 6) is 0.555. The molecule has 3 N–H and O–H groups in total. The average molecular weight is 313 g/mol. The molecule has 0 bridgehead atoms. The average Bonchev–Trinajstić information content (AvgIpc) is 2.93. The molecule has 2 heterocycles. The lowest BCUT2D eigenvalue weighted by molar-refractivity contribution is -0.122. The molecule has 0 saturated heterocycles. The molecule has 118 valence electrons. The van der Waals surface area contributed by atoms with Gasteiger partial charge in [0.25, 0.3) is 5.91 Å². The van der Waals surface area contributed by atoms with Gasteiger partial charge in [0.2, 0.25) is 5.88 Å². The van der Waals surface area contributed by atoms with Crippen LogP contribution in [0.3, 0.4) is 0 Å². The Morgan fingerprint density at radius 1 is 1.30 bits per heavy atom. The number of fused-ring (bicyclic) bond motifs is 1. The van der Waals surface area contributed by atoms with Gasteiger partial charge in [0.1, 0.15) is 5.75 Å². The minimum Gasteiger partial charge on any atom is -0.480 e. The molecular weight excluding hydrogens is 298 g/mol. The summed E-state index contributed by atoms with van der Waals surface area (Å²) in [6.45, 7) is 1.69. The molecule has 3 rings (SSSR count). The Morgan fingerprint density at radius 3 is 2.78 bits per heavy atom. The number of para-hydroxylation sites is 1. The second-order valence-electron chi connectivity index (χ2n) is 5.11. The van der Waals surface area contributed by atoms with Gasteiger partial charge < -0.3 is 20.5 Å². The minimum atomic E-state index is -0.939. The number of ether oxygens (including phenoxy) is 2. The van der Waals surface area contributed by atoms with Gasteiger partial charge in [-0.25, -0.2) is 9.78 Å². The molecule has 7 nitrogen and oxygen atoms in total. The van der Waals surface area contributed by atoms with Crippen LogP contribution in [0.4, 0.5) is 10.5 Å². The lowest BCUT2D eigenvalue weighted by Crippen LogP contribution is -2.31. The van der Waals surface area contributed by atoms with E-state index in [0.29, 0.717) is 17.8 Å². The highest BCUT2D eigenvalue weighted by atomic mass is 16.6. The van der Waals surface area contributed by atoms with Gasteiger partial charge in [-0.1, -0.05) is 18.2 Å². The van der Waals surface area contributed by atoms with Crippen molar-refractivity contribution in [2.24, 2.45) is 5.73 Å². The number of anilines is 1. The number of aromatic nitrogens is 1. The van der Waals surface area contributed by atoms with Crippen molar-refractivity contribution in [1.29, 1.82) is 0 Å². The monoisotopic (exact) mass is 313 g/mol. The Balaban J connectivity index is 1.68. The molecule has 1 atom stereocenters. The summed E-state index contributed by atoms with van der Waals surface area (Å²) in [7, 11) is 0. The van der Waals surface area contributed by atoms with Crippen LogP contribution in [0.2, 0.25) is 0 Å². The quantitative estimate of drug-likeness (QED) is 0.899. The van der Waals surface area contributed by atoms with Crippen LogP contribution in [0.5, 0.6) is 11.6 Å². The number of primary amides is 1. The number of carbonyl (C=O) groups excluding carboxylic acids is 2. The van der Waals surface area contributed by atoms with Crippen molar-refractivity contribution in [3.8, 4) is 11.6 Å². The smallest absolute Gasteiger partial charge is 0.411 e. The summed E-state index contributed by atoms with van der Waals surface area (Å²) in [6, 6.07) is 10.6. The summed E-state index contributed by atoms with van der Waals surface area (Å²) >= 11 is 0. The van der Waals surface area contributed by atoms with Crippen LogP contribution in [0.15, 0.2) is 36.4 Å². The van der Waals surface area contributed by atoms with Crippen LogP contribution in [0.1, 0.15) is 11.3 Å². The first-order valence-electron chi connectivity index (χ1n) is 7.03. The highest BCUT2D eigenvalue weighted by Gasteiger charge is 2.29. The van der Waals surface area contributed by atoms with Crippen LogP contribution < -0.4 is 20.5 Å². The van der Waals surface area contributed by atoms with Crippen molar-refractivity contribution in [3.63, 3.8) is 0 Å². The summed E-state index contributed by atoms with van der Waals surface area (Å²) in [4.78, 5) is 27.1. The zero-order valence-electron chi connectivity index (χ0n) is 12.4. The van der Waals surface area contributed by atoms with E-state index in [1.54, 1.807) is 13.0 Å². The predicted octanol–water partition coefficient (Wildman–Crippen LogP) is 1.79. The molecule has 1 aromatic carbocycles. The Morgan fingerprint density at radius 2 is 2.09 bits per heavy atom. The van der Waals surface area contributed by atoms with Gasteiger partial charge >= 0.3 is 6.09 Å². The number of amides is 2. The molecule has 23 heavy (non-hydrogen) atoms. The SMILES string of the molecule is Cc1nc(OC(N)=O)ccc1NC(=O)C1Cc2ccccc2O1. The van der Waals surface area contributed by atoms with E-state index < -0.39 is 12.2 Å². The van der Waals surface area contributed by atoms with Gasteiger partial charge in [0, 0.05) is 12.5 Å². The van der Waals surface area contributed by atoms with Crippen molar-refractivity contribution in [1.82, 2.24) is 4.98 Å². The van der Waals surface area contributed by atoms with E-state index in [9.17, 15) is 9.59 Å². The number of benzene rings is 1. The first-order valence-corrected chi connectivity index (χ1v) is 7.03. The van der Waals surface area contributed by atoms with E-state index >= 15 is 0 Å². The Bertz CT molecular complexity index is 751.